The van der Waals surface area contributed by atoms with Crippen LogP contribution in [0.4, 0.5) is 5.82 Å². The van der Waals surface area contributed by atoms with Crippen molar-refractivity contribution in [3.63, 3.8) is 0 Å². The zero-order valence-corrected chi connectivity index (χ0v) is 15.6. The number of nitrogens with one attached hydrogen (secondary N) is 1. The molecule has 0 fully saturated rings. The number of thiazole rings is 1. The summed E-state index contributed by atoms with van der Waals surface area (Å²) in [6.07, 6.45) is 9.77. The lowest BCUT2D eigenvalue weighted by Crippen LogP contribution is -2.06. The maximum absolute atomic E-state index is 4.81. The SMILES string of the molecule is c1cnc(-c2nc(NCc3cscn3)c3c4c(sc3n2)CCCC4)cn1. The molecule has 0 aliphatic heterocycles. The third-order valence-electron chi connectivity index (χ3n) is 4.53. The van der Waals surface area contributed by atoms with Gasteiger partial charge in [0.2, 0.25) is 0 Å². The fraction of sp³-hybridized carbons (Fsp3) is 0.278. The van der Waals surface area contributed by atoms with Crippen LogP contribution in [0.15, 0.2) is 29.5 Å². The summed E-state index contributed by atoms with van der Waals surface area (Å²) in [6, 6.07) is 0. The summed E-state index contributed by atoms with van der Waals surface area (Å²) in [4.78, 5) is 25.0. The molecular formula is C18H16N6S2. The van der Waals surface area contributed by atoms with Crippen molar-refractivity contribution in [1.82, 2.24) is 24.9 Å². The predicted octanol–water partition coefficient (Wildman–Crippen LogP) is 4.10. The molecule has 0 bridgehead atoms. The fourth-order valence-electron chi connectivity index (χ4n) is 3.31. The minimum absolute atomic E-state index is 0.616. The number of fused-ring (bicyclic) bond motifs is 3. The van der Waals surface area contributed by atoms with Crippen molar-refractivity contribution in [3.8, 4) is 11.5 Å². The third kappa shape index (κ3) is 2.85. The number of nitrogens with zero attached hydrogens (tertiary/aromatic N) is 5. The van der Waals surface area contributed by atoms with Gasteiger partial charge in [0.15, 0.2) is 5.82 Å². The number of hydrogen-bond acceptors (Lipinski definition) is 8. The van der Waals surface area contributed by atoms with Crippen molar-refractivity contribution in [2.24, 2.45) is 0 Å². The first-order chi connectivity index (χ1) is 12.9. The lowest BCUT2D eigenvalue weighted by atomic mass is 9.97. The molecule has 0 unspecified atom stereocenters. The average Bonchev–Trinajstić information content (AvgIpc) is 3.34. The molecule has 0 spiro atoms. The van der Waals surface area contributed by atoms with Gasteiger partial charge < -0.3 is 5.32 Å². The Balaban J connectivity index is 1.64. The smallest absolute Gasteiger partial charge is 0.183 e. The van der Waals surface area contributed by atoms with Crippen molar-refractivity contribution in [3.05, 3.63) is 45.6 Å². The number of aryl methyl sites for hydroxylation is 2. The Morgan fingerprint density at radius 3 is 2.88 bits per heavy atom. The second-order valence-corrected chi connectivity index (χ2v) is 8.01. The summed E-state index contributed by atoms with van der Waals surface area (Å²) in [6.45, 7) is 0.653. The van der Waals surface area contributed by atoms with E-state index >= 15 is 0 Å². The monoisotopic (exact) mass is 380 g/mol. The van der Waals surface area contributed by atoms with Crippen LogP contribution in [0.5, 0.6) is 0 Å². The highest BCUT2D eigenvalue weighted by atomic mass is 32.1. The summed E-state index contributed by atoms with van der Waals surface area (Å²) in [7, 11) is 0. The molecule has 0 saturated carbocycles. The highest BCUT2D eigenvalue weighted by Gasteiger charge is 2.21. The quantitative estimate of drug-likeness (QED) is 0.574. The molecule has 0 saturated heterocycles. The molecule has 0 atom stereocenters. The molecule has 130 valence electrons. The molecular weight excluding hydrogens is 364 g/mol. The van der Waals surface area contributed by atoms with Crippen LogP contribution in [-0.4, -0.2) is 24.9 Å². The van der Waals surface area contributed by atoms with Crippen molar-refractivity contribution in [1.29, 1.82) is 0 Å². The van der Waals surface area contributed by atoms with Gasteiger partial charge in [0, 0.05) is 22.7 Å². The van der Waals surface area contributed by atoms with Gasteiger partial charge >= 0.3 is 0 Å². The summed E-state index contributed by atoms with van der Waals surface area (Å²) < 4.78 is 0. The van der Waals surface area contributed by atoms with E-state index in [1.807, 2.05) is 5.51 Å². The number of anilines is 1. The normalized spacial score (nSPS) is 13.7. The van der Waals surface area contributed by atoms with Gasteiger partial charge in [-0.1, -0.05) is 0 Å². The average molecular weight is 381 g/mol. The molecule has 5 rings (SSSR count). The summed E-state index contributed by atoms with van der Waals surface area (Å²) in [5.41, 5.74) is 4.98. The van der Waals surface area contributed by atoms with Crippen LogP contribution >= 0.6 is 22.7 Å². The second kappa shape index (κ2) is 6.69. The maximum Gasteiger partial charge on any atom is 0.183 e. The van der Waals surface area contributed by atoms with Gasteiger partial charge in [-0.25, -0.2) is 19.9 Å². The highest BCUT2D eigenvalue weighted by molar-refractivity contribution is 7.19. The number of aromatic nitrogens is 5. The predicted molar refractivity (Wildman–Crippen MR) is 105 cm³/mol. The lowest BCUT2D eigenvalue weighted by Gasteiger charge is -2.13. The van der Waals surface area contributed by atoms with Crippen LogP contribution in [-0.2, 0) is 19.4 Å². The minimum Gasteiger partial charge on any atom is -0.364 e. The number of rotatable bonds is 4. The molecule has 4 heterocycles. The van der Waals surface area contributed by atoms with Crippen LogP contribution in [0.2, 0.25) is 0 Å². The van der Waals surface area contributed by atoms with Crippen molar-refractivity contribution >= 4 is 38.7 Å². The van der Waals surface area contributed by atoms with Crippen molar-refractivity contribution in [2.75, 3.05) is 5.32 Å². The summed E-state index contributed by atoms with van der Waals surface area (Å²) >= 11 is 3.40. The van der Waals surface area contributed by atoms with Crippen molar-refractivity contribution < 1.29 is 0 Å². The molecule has 6 nitrogen and oxygen atoms in total. The molecule has 1 aliphatic rings. The van der Waals surface area contributed by atoms with E-state index in [4.69, 9.17) is 9.97 Å². The van der Waals surface area contributed by atoms with Gasteiger partial charge in [0.25, 0.3) is 0 Å². The molecule has 26 heavy (non-hydrogen) atoms. The maximum atomic E-state index is 4.81. The van der Waals surface area contributed by atoms with E-state index in [9.17, 15) is 0 Å². The Bertz CT molecular complexity index is 1040. The van der Waals surface area contributed by atoms with Gasteiger partial charge in [-0.3, -0.25) is 4.98 Å². The van der Waals surface area contributed by atoms with Crippen LogP contribution in [0.25, 0.3) is 21.7 Å². The molecule has 1 N–H and O–H groups in total. The number of hydrogen-bond donors (Lipinski definition) is 1. The molecule has 4 aromatic rings. The lowest BCUT2D eigenvalue weighted by molar-refractivity contribution is 0.700. The Labute approximate surface area is 158 Å². The molecule has 1 aliphatic carbocycles. The highest BCUT2D eigenvalue weighted by Crippen LogP contribution is 2.39. The fourth-order valence-corrected chi connectivity index (χ4v) is 5.13. The van der Waals surface area contributed by atoms with E-state index < -0.39 is 0 Å². The van der Waals surface area contributed by atoms with Gasteiger partial charge in [-0.15, -0.1) is 22.7 Å². The number of thiophene rings is 1. The van der Waals surface area contributed by atoms with E-state index in [1.165, 1.54) is 28.7 Å². The topological polar surface area (TPSA) is 76.5 Å². The van der Waals surface area contributed by atoms with E-state index in [0.717, 1.165) is 29.2 Å². The molecule has 0 aromatic carbocycles. The first kappa shape index (κ1) is 15.8. The zero-order valence-electron chi connectivity index (χ0n) is 14.0. The molecule has 0 radical (unpaired) electrons. The summed E-state index contributed by atoms with van der Waals surface area (Å²) in [5.74, 6) is 1.49. The van der Waals surface area contributed by atoms with Crippen LogP contribution in [0.1, 0.15) is 29.0 Å². The molecule has 8 heteroatoms. The Kier molecular flexibility index (Phi) is 4.06. The Hall–Kier alpha value is -2.45. The third-order valence-corrected chi connectivity index (χ3v) is 6.35. The van der Waals surface area contributed by atoms with Gasteiger partial charge in [0.1, 0.15) is 16.3 Å². The van der Waals surface area contributed by atoms with E-state index in [1.54, 1.807) is 41.3 Å². The Morgan fingerprint density at radius 1 is 1.08 bits per heavy atom. The van der Waals surface area contributed by atoms with Crippen LogP contribution < -0.4 is 5.32 Å². The minimum atomic E-state index is 0.616. The van der Waals surface area contributed by atoms with Crippen LogP contribution in [0, 0.1) is 0 Å². The van der Waals surface area contributed by atoms with Gasteiger partial charge in [0.05, 0.1) is 29.3 Å². The van der Waals surface area contributed by atoms with Crippen molar-refractivity contribution in [2.45, 2.75) is 32.2 Å². The van der Waals surface area contributed by atoms with E-state index in [-0.39, 0.29) is 0 Å². The molecule has 0 amide bonds. The second-order valence-electron chi connectivity index (χ2n) is 6.21. The summed E-state index contributed by atoms with van der Waals surface area (Å²) in [5, 5.41) is 6.72. The first-order valence-electron chi connectivity index (χ1n) is 8.58. The zero-order chi connectivity index (χ0) is 17.3. The van der Waals surface area contributed by atoms with Gasteiger partial charge in [-0.05, 0) is 31.2 Å². The largest absolute Gasteiger partial charge is 0.364 e. The standard InChI is InChI=1S/C18H16N6S2/c1-2-4-14-12(3-1)15-17(21-7-11-9-25-10-22-11)23-16(24-18(15)26-14)13-8-19-5-6-20-13/h5-6,8-10H,1-4,7H2,(H,21,23,24). The van der Waals surface area contributed by atoms with E-state index in [2.05, 4.69) is 25.6 Å². The first-order valence-corrected chi connectivity index (χ1v) is 10.3. The molecule has 4 aromatic heterocycles. The van der Waals surface area contributed by atoms with Gasteiger partial charge in [-0.2, -0.15) is 0 Å². The van der Waals surface area contributed by atoms with Crippen LogP contribution in [0.3, 0.4) is 0 Å². The van der Waals surface area contributed by atoms with E-state index in [0.29, 0.717) is 18.1 Å². The Morgan fingerprint density at radius 2 is 2.04 bits per heavy atom.